The molecule has 1 aromatic heterocycles. The number of rotatable bonds is 4. The van der Waals surface area contributed by atoms with Crippen molar-refractivity contribution in [1.82, 2.24) is 9.13 Å². The van der Waals surface area contributed by atoms with Crippen LogP contribution in [0.25, 0.3) is 11.4 Å². The van der Waals surface area contributed by atoms with Crippen LogP contribution in [0.15, 0.2) is 93.9 Å². The first-order chi connectivity index (χ1) is 15.0. The van der Waals surface area contributed by atoms with Crippen molar-refractivity contribution in [2.24, 2.45) is 10.2 Å². The van der Waals surface area contributed by atoms with Gasteiger partial charge in [-0.05, 0) is 55.0 Å². The summed E-state index contributed by atoms with van der Waals surface area (Å²) in [6, 6.07) is 23.1. The number of aryl methyl sites for hydroxylation is 1. The van der Waals surface area contributed by atoms with Crippen LogP contribution in [0.2, 0.25) is 5.02 Å². The van der Waals surface area contributed by atoms with Crippen molar-refractivity contribution in [3.63, 3.8) is 0 Å². The van der Waals surface area contributed by atoms with E-state index in [-0.39, 0.29) is 10.5 Å². The number of benzene rings is 3. The Morgan fingerprint density at radius 2 is 1.52 bits per heavy atom. The van der Waals surface area contributed by atoms with Crippen LogP contribution in [0.1, 0.15) is 5.56 Å². The van der Waals surface area contributed by atoms with Gasteiger partial charge >= 0.3 is 0 Å². The van der Waals surface area contributed by atoms with E-state index in [1.807, 2.05) is 31.2 Å². The molecule has 4 rings (SSSR count). The first-order valence-corrected chi connectivity index (χ1v) is 10.2. The molecule has 0 fully saturated rings. The molecule has 0 spiro atoms. The van der Waals surface area contributed by atoms with Gasteiger partial charge in [-0.3, -0.25) is 13.9 Å². The van der Waals surface area contributed by atoms with Gasteiger partial charge in [0, 0.05) is 0 Å². The Morgan fingerprint density at radius 3 is 2.23 bits per heavy atom. The van der Waals surface area contributed by atoms with Crippen LogP contribution in [0.4, 0.5) is 11.4 Å². The molecule has 8 heteroatoms. The maximum Gasteiger partial charge on any atom is 0.290 e. The Balaban J connectivity index is 2.05. The Bertz CT molecular complexity index is 1410. The second-order valence-electron chi connectivity index (χ2n) is 6.70. The molecule has 0 radical (unpaired) electrons. The summed E-state index contributed by atoms with van der Waals surface area (Å²) in [5, 5.41) is 19.7. The van der Waals surface area contributed by atoms with Crippen molar-refractivity contribution in [1.29, 1.82) is 0 Å². The van der Waals surface area contributed by atoms with Crippen LogP contribution in [0.5, 0.6) is 5.88 Å². The number of hydrogen-bond donors (Lipinski definition) is 1. The minimum Gasteiger partial charge on any atom is -0.492 e. The van der Waals surface area contributed by atoms with Gasteiger partial charge in [-0.1, -0.05) is 60.1 Å². The molecule has 31 heavy (non-hydrogen) atoms. The zero-order chi connectivity index (χ0) is 22.0. The monoisotopic (exact) mass is 448 g/mol. The van der Waals surface area contributed by atoms with Crippen LogP contribution in [-0.4, -0.2) is 14.2 Å². The summed E-state index contributed by atoms with van der Waals surface area (Å²) in [7, 11) is 0. The highest BCUT2D eigenvalue weighted by Crippen LogP contribution is 2.32. The lowest BCUT2D eigenvalue weighted by Gasteiger charge is -2.16. The summed E-state index contributed by atoms with van der Waals surface area (Å²) < 4.78 is 2.67. The summed E-state index contributed by atoms with van der Waals surface area (Å²) in [6.07, 6.45) is 0. The van der Waals surface area contributed by atoms with Crippen LogP contribution >= 0.6 is 23.8 Å². The molecule has 0 amide bonds. The molecule has 154 valence electrons. The predicted octanol–water partition coefficient (Wildman–Crippen LogP) is 6.44. The largest absolute Gasteiger partial charge is 0.492 e. The highest BCUT2D eigenvalue weighted by atomic mass is 35.5. The molecule has 1 heterocycles. The van der Waals surface area contributed by atoms with E-state index in [1.54, 1.807) is 54.6 Å². The van der Waals surface area contributed by atoms with E-state index in [2.05, 4.69) is 10.2 Å². The smallest absolute Gasteiger partial charge is 0.290 e. The number of halogens is 1. The standard InChI is InChI=1S/C23H17ClN4O2S/c1-15-9-5-7-13-18(15)25-26-20-21(29)27(16-10-3-2-4-11-16)23(31)28(22(20)30)19-14-8-6-12-17(19)24/h2-14,30H,1H3. The van der Waals surface area contributed by atoms with Crippen molar-refractivity contribution in [2.45, 2.75) is 6.92 Å². The van der Waals surface area contributed by atoms with E-state index < -0.39 is 11.4 Å². The molecule has 0 aliphatic rings. The second kappa shape index (κ2) is 8.67. The van der Waals surface area contributed by atoms with Crippen LogP contribution in [-0.2, 0) is 0 Å². The summed E-state index contributed by atoms with van der Waals surface area (Å²) in [5.74, 6) is -0.437. The molecule has 0 aliphatic heterocycles. The number of hydrogen-bond acceptors (Lipinski definition) is 5. The van der Waals surface area contributed by atoms with Gasteiger partial charge < -0.3 is 5.11 Å². The van der Waals surface area contributed by atoms with E-state index in [9.17, 15) is 9.90 Å². The molecule has 0 atom stereocenters. The van der Waals surface area contributed by atoms with Crippen molar-refractivity contribution >= 4 is 35.2 Å². The van der Waals surface area contributed by atoms with Gasteiger partial charge in [-0.2, -0.15) is 0 Å². The quantitative estimate of drug-likeness (QED) is 0.288. The summed E-state index contributed by atoms with van der Waals surface area (Å²) in [4.78, 5) is 13.3. The zero-order valence-corrected chi connectivity index (χ0v) is 18.0. The van der Waals surface area contributed by atoms with E-state index in [0.717, 1.165) is 5.56 Å². The van der Waals surface area contributed by atoms with Gasteiger partial charge in [-0.25, -0.2) is 0 Å². The highest BCUT2D eigenvalue weighted by molar-refractivity contribution is 7.71. The normalized spacial score (nSPS) is 11.2. The van der Waals surface area contributed by atoms with Crippen LogP contribution in [0.3, 0.4) is 0 Å². The topological polar surface area (TPSA) is 71.9 Å². The maximum absolute atomic E-state index is 13.3. The lowest BCUT2D eigenvalue weighted by atomic mass is 10.2. The minimum absolute atomic E-state index is 0.0524. The third-order valence-corrected chi connectivity index (χ3v) is 5.38. The van der Waals surface area contributed by atoms with Gasteiger partial charge in [0.05, 0.1) is 22.1 Å². The molecule has 0 saturated carbocycles. The number of nitrogens with zero attached hydrogens (tertiary/aromatic N) is 4. The van der Waals surface area contributed by atoms with Gasteiger partial charge in [-0.15, -0.1) is 10.2 Å². The van der Waals surface area contributed by atoms with Crippen LogP contribution < -0.4 is 5.56 Å². The third kappa shape index (κ3) is 3.93. The summed E-state index contributed by atoms with van der Waals surface area (Å²) >= 11 is 12.0. The molecule has 1 N–H and O–H groups in total. The van der Waals surface area contributed by atoms with Gasteiger partial charge in [0.15, 0.2) is 4.77 Å². The Morgan fingerprint density at radius 1 is 0.871 bits per heavy atom. The molecule has 0 unspecified atom stereocenters. The molecular formula is C23H17ClN4O2S. The van der Waals surface area contributed by atoms with Crippen LogP contribution in [0, 0.1) is 11.7 Å². The number of azo groups is 1. The Hall–Kier alpha value is -3.55. The lowest BCUT2D eigenvalue weighted by Crippen LogP contribution is -2.23. The fraction of sp³-hybridized carbons (Fsp3) is 0.0435. The summed E-state index contributed by atoms with van der Waals surface area (Å²) in [5.41, 5.74) is 1.58. The first kappa shape index (κ1) is 20.7. The van der Waals surface area contributed by atoms with Crippen molar-refractivity contribution < 1.29 is 5.11 Å². The number of aromatic hydroxyl groups is 1. The molecular weight excluding hydrogens is 432 g/mol. The predicted molar refractivity (Wildman–Crippen MR) is 124 cm³/mol. The number of para-hydroxylation sites is 2. The SMILES string of the molecule is Cc1ccccc1N=Nc1c(O)n(-c2ccccc2Cl)c(=S)n(-c2ccccc2)c1=O. The average Bonchev–Trinajstić information content (AvgIpc) is 2.77. The van der Waals surface area contributed by atoms with Crippen molar-refractivity contribution in [2.75, 3.05) is 0 Å². The van der Waals surface area contributed by atoms with Crippen molar-refractivity contribution in [3.05, 3.63) is 105 Å². The molecule has 4 aromatic rings. The number of aromatic nitrogens is 2. The van der Waals surface area contributed by atoms with Gasteiger partial charge in [0.25, 0.3) is 5.56 Å². The highest BCUT2D eigenvalue weighted by Gasteiger charge is 2.20. The third-order valence-electron chi connectivity index (χ3n) is 4.69. The Kier molecular flexibility index (Phi) is 5.79. The molecule has 0 aliphatic carbocycles. The van der Waals surface area contributed by atoms with Gasteiger partial charge in [0.2, 0.25) is 11.6 Å². The van der Waals surface area contributed by atoms with Gasteiger partial charge in [0.1, 0.15) is 0 Å². The zero-order valence-electron chi connectivity index (χ0n) is 16.4. The first-order valence-electron chi connectivity index (χ1n) is 9.38. The van der Waals surface area contributed by atoms with E-state index in [4.69, 9.17) is 23.8 Å². The molecule has 0 bridgehead atoms. The fourth-order valence-corrected chi connectivity index (χ4v) is 3.70. The second-order valence-corrected chi connectivity index (χ2v) is 7.48. The molecule has 3 aromatic carbocycles. The van der Waals surface area contributed by atoms with Crippen molar-refractivity contribution in [3.8, 4) is 17.3 Å². The average molecular weight is 449 g/mol. The van der Waals surface area contributed by atoms with E-state index in [0.29, 0.717) is 22.1 Å². The minimum atomic E-state index is -0.589. The summed E-state index contributed by atoms with van der Waals surface area (Å²) in [6.45, 7) is 1.88. The lowest BCUT2D eigenvalue weighted by molar-refractivity contribution is 0.432. The maximum atomic E-state index is 13.3. The fourth-order valence-electron chi connectivity index (χ4n) is 3.11. The van der Waals surface area contributed by atoms with E-state index in [1.165, 1.54) is 9.13 Å². The molecule has 0 saturated heterocycles. The Labute approximate surface area is 188 Å². The molecule has 6 nitrogen and oxygen atoms in total. The van der Waals surface area contributed by atoms with E-state index >= 15 is 0 Å².